The first-order chi connectivity index (χ1) is 14.4. The Morgan fingerprint density at radius 1 is 1.10 bits per heavy atom. The first-order valence-corrected chi connectivity index (χ1v) is 10.2. The van der Waals surface area contributed by atoms with Crippen molar-refractivity contribution in [1.29, 1.82) is 0 Å². The Bertz CT molecular complexity index is 1060. The zero-order valence-electron chi connectivity index (χ0n) is 17.5. The van der Waals surface area contributed by atoms with E-state index in [1.807, 2.05) is 72.5 Å². The van der Waals surface area contributed by atoms with Crippen LogP contribution in [0.5, 0.6) is 0 Å². The Kier molecular flexibility index (Phi) is 5.55. The van der Waals surface area contributed by atoms with Gasteiger partial charge in [-0.25, -0.2) is 4.98 Å². The smallest absolute Gasteiger partial charge is 0.271 e. The molecule has 1 saturated heterocycles. The summed E-state index contributed by atoms with van der Waals surface area (Å²) in [6, 6.07) is 13.1. The second kappa shape index (κ2) is 8.28. The predicted molar refractivity (Wildman–Crippen MR) is 113 cm³/mol. The highest BCUT2D eigenvalue weighted by Gasteiger charge is 2.26. The van der Waals surface area contributed by atoms with Gasteiger partial charge in [-0.3, -0.25) is 9.59 Å². The van der Waals surface area contributed by atoms with Crippen molar-refractivity contribution in [1.82, 2.24) is 19.6 Å². The Hall–Kier alpha value is -3.19. The number of imidazole rings is 1. The molecule has 2 atom stereocenters. The minimum absolute atomic E-state index is 0.00709. The van der Waals surface area contributed by atoms with Crippen LogP contribution >= 0.6 is 0 Å². The van der Waals surface area contributed by atoms with Gasteiger partial charge in [0.15, 0.2) is 0 Å². The summed E-state index contributed by atoms with van der Waals surface area (Å²) >= 11 is 0. The summed E-state index contributed by atoms with van der Waals surface area (Å²) in [6.07, 6.45) is 1.82. The van der Waals surface area contributed by atoms with Crippen molar-refractivity contribution in [2.45, 2.75) is 39.5 Å². The molecule has 4 rings (SSSR count). The zero-order valence-corrected chi connectivity index (χ0v) is 17.5. The molecule has 1 fully saturated rings. The fraction of sp³-hybridized carbons (Fsp3) is 0.348. The standard InChI is InChI=1S/C23H26N4O3/c1-15-5-4-6-21-25-20(14-27(15)21)22(28)24-11-18-7-9-19(10-8-18)23(29)26-12-16(2)30-17(3)13-26/h4-10,14,16-17H,11-13H2,1-3H3,(H,24,28). The molecule has 7 heteroatoms. The third-order valence-electron chi connectivity index (χ3n) is 5.29. The molecule has 0 spiro atoms. The molecular formula is C23H26N4O3. The van der Waals surface area contributed by atoms with Gasteiger partial charge < -0.3 is 19.4 Å². The Labute approximate surface area is 175 Å². The van der Waals surface area contributed by atoms with Crippen molar-refractivity contribution in [3.05, 3.63) is 71.2 Å². The van der Waals surface area contributed by atoms with Gasteiger partial charge in [0.25, 0.3) is 11.8 Å². The third-order valence-corrected chi connectivity index (χ3v) is 5.29. The van der Waals surface area contributed by atoms with Crippen LogP contribution in [0.25, 0.3) is 5.65 Å². The van der Waals surface area contributed by atoms with Crippen LogP contribution in [-0.2, 0) is 11.3 Å². The van der Waals surface area contributed by atoms with Crippen molar-refractivity contribution in [2.24, 2.45) is 0 Å². The SMILES string of the molecule is Cc1cccc2nc(C(=O)NCc3ccc(C(=O)N4CC(C)OC(C)C4)cc3)cn12. The lowest BCUT2D eigenvalue weighted by Crippen LogP contribution is -2.48. The number of pyridine rings is 1. The van der Waals surface area contributed by atoms with Crippen LogP contribution in [0.4, 0.5) is 0 Å². The van der Waals surface area contributed by atoms with E-state index in [1.165, 1.54) is 0 Å². The third kappa shape index (κ3) is 4.21. The maximum Gasteiger partial charge on any atom is 0.271 e. The summed E-state index contributed by atoms with van der Waals surface area (Å²) < 4.78 is 7.59. The average molecular weight is 406 g/mol. The number of nitrogens with zero attached hydrogens (tertiary/aromatic N) is 3. The number of hydrogen-bond donors (Lipinski definition) is 1. The van der Waals surface area contributed by atoms with Gasteiger partial charge in [-0.1, -0.05) is 18.2 Å². The molecule has 3 heterocycles. The van der Waals surface area contributed by atoms with Gasteiger partial charge in [-0.15, -0.1) is 0 Å². The Morgan fingerprint density at radius 2 is 1.80 bits per heavy atom. The van der Waals surface area contributed by atoms with Gasteiger partial charge in [0.05, 0.1) is 12.2 Å². The van der Waals surface area contributed by atoms with Crippen molar-refractivity contribution in [3.63, 3.8) is 0 Å². The zero-order chi connectivity index (χ0) is 21.3. The van der Waals surface area contributed by atoms with Gasteiger partial charge in [0, 0.05) is 37.1 Å². The number of benzene rings is 1. The van der Waals surface area contributed by atoms with Gasteiger partial charge in [0.2, 0.25) is 0 Å². The second-order valence-electron chi connectivity index (χ2n) is 7.87. The molecule has 2 amide bonds. The van der Waals surface area contributed by atoms with E-state index in [1.54, 1.807) is 6.20 Å². The molecule has 7 nitrogen and oxygen atoms in total. The van der Waals surface area contributed by atoms with Crippen LogP contribution in [0, 0.1) is 6.92 Å². The minimum Gasteiger partial charge on any atom is -0.372 e. The van der Waals surface area contributed by atoms with Crippen LogP contribution in [0.15, 0.2) is 48.7 Å². The molecule has 1 N–H and O–H groups in total. The van der Waals surface area contributed by atoms with Crippen molar-refractivity contribution in [3.8, 4) is 0 Å². The number of morpholine rings is 1. The number of hydrogen-bond acceptors (Lipinski definition) is 4. The lowest BCUT2D eigenvalue weighted by molar-refractivity contribution is -0.0586. The lowest BCUT2D eigenvalue weighted by Gasteiger charge is -2.35. The van der Waals surface area contributed by atoms with Crippen molar-refractivity contribution >= 4 is 17.5 Å². The number of carbonyl (C=O) groups excluding carboxylic acids is 2. The number of aromatic nitrogens is 2. The highest BCUT2D eigenvalue weighted by Crippen LogP contribution is 2.15. The van der Waals surface area contributed by atoms with Crippen LogP contribution < -0.4 is 5.32 Å². The number of aryl methyl sites for hydroxylation is 1. The maximum absolute atomic E-state index is 12.8. The lowest BCUT2D eigenvalue weighted by atomic mass is 10.1. The first kappa shape index (κ1) is 20.1. The molecule has 30 heavy (non-hydrogen) atoms. The van der Waals surface area contributed by atoms with Gasteiger partial charge >= 0.3 is 0 Å². The summed E-state index contributed by atoms with van der Waals surface area (Å²) in [5, 5.41) is 2.89. The molecule has 1 aliphatic heterocycles. The molecule has 3 aromatic rings. The van der Waals surface area contributed by atoms with E-state index >= 15 is 0 Å². The van der Waals surface area contributed by atoms with Crippen LogP contribution in [0.3, 0.4) is 0 Å². The highest BCUT2D eigenvalue weighted by molar-refractivity contribution is 5.94. The molecule has 1 aliphatic rings. The number of carbonyl (C=O) groups is 2. The van der Waals surface area contributed by atoms with E-state index in [-0.39, 0.29) is 24.0 Å². The van der Waals surface area contributed by atoms with Gasteiger partial charge in [0.1, 0.15) is 11.3 Å². The summed E-state index contributed by atoms with van der Waals surface area (Å²) in [5.74, 6) is -0.220. The number of ether oxygens (including phenoxy) is 1. The molecule has 2 unspecified atom stereocenters. The molecule has 1 aromatic carbocycles. The second-order valence-corrected chi connectivity index (χ2v) is 7.87. The van der Waals surface area contributed by atoms with Gasteiger partial charge in [-0.2, -0.15) is 0 Å². The highest BCUT2D eigenvalue weighted by atomic mass is 16.5. The van der Waals surface area contributed by atoms with E-state index in [0.717, 1.165) is 16.9 Å². The monoisotopic (exact) mass is 406 g/mol. The number of fused-ring (bicyclic) bond motifs is 1. The predicted octanol–water partition coefficient (Wildman–Crippen LogP) is 2.82. The van der Waals surface area contributed by atoms with Gasteiger partial charge in [-0.05, 0) is 50.6 Å². The quantitative estimate of drug-likeness (QED) is 0.723. The summed E-state index contributed by atoms with van der Waals surface area (Å²) in [6.45, 7) is 7.49. The molecule has 0 radical (unpaired) electrons. The molecule has 0 bridgehead atoms. The molecule has 0 aliphatic carbocycles. The van der Waals surface area contributed by atoms with E-state index in [0.29, 0.717) is 30.9 Å². The largest absolute Gasteiger partial charge is 0.372 e. The normalized spacial score (nSPS) is 19.1. The molecule has 2 aromatic heterocycles. The fourth-order valence-corrected chi connectivity index (χ4v) is 3.82. The van der Waals surface area contributed by atoms with Crippen LogP contribution in [0.1, 0.15) is 46.0 Å². The topological polar surface area (TPSA) is 75.9 Å². The van der Waals surface area contributed by atoms with E-state index in [9.17, 15) is 9.59 Å². The summed E-state index contributed by atoms with van der Waals surface area (Å²) in [5.41, 5.74) is 3.70. The first-order valence-electron chi connectivity index (χ1n) is 10.2. The summed E-state index contributed by atoms with van der Waals surface area (Å²) in [4.78, 5) is 31.5. The van der Waals surface area contributed by atoms with E-state index in [4.69, 9.17) is 4.74 Å². The van der Waals surface area contributed by atoms with Crippen molar-refractivity contribution in [2.75, 3.05) is 13.1 Å². The molecular weight excluding hydrogens is 380 g/mol. The molecule has 156 valence electrons. The maximum atomic E-state index is 12.8. The number of rotatable bonds is 4. The molecule has 0 saturated carbocycles. The Morgan fingerprint density at radius 3 is 2.47 bits per heavy atom. The van der Waals surface area contributed by atoms with Crippen molar-refractivity contribution < 1.29 is 14.3 Å². The number of nitrogens with one attached hydrogen (secondary N) is 1. The Balaban J connectivity index is 1.38. The van der Waals surface area contributed by atoms with Crippen LogP contribution in [0.2, 0.25) is 0 Å². The number of amides is 2. The minimum atomic E-state index is -0.227. The summed E-state index contributed by atoms with van der Waals surface area (Å²) in [7, 11) is 0. The van der Waals surface area contributed by atoms with E-state index in [2.05, 4.69) is 10.3 Å². The average Bonchev–Trinajstić information content (AvgIpc) is 3.17. The fourth-order valence-electron chi connectivity index (χ4n) is 3.82. The van der Waals surface area contributed by atoms with E-state index < -0.39 is 0 Å². The van der Waals surface area contributed by atoms with Crippen LogP contribution in [-0.4, -0.2) is 51.4 Å².